The molecule has 0 saturated carbocycles. The maximum Gasteiger partial charge on any atom is 0.128 e. The zero-order valence-electron chi connectivity index (χ0n) is 11.9. The molecular formula is C18H18O3S. The largest absolute Gasteiger partial charge is 0.508 e. The summed E-state index contributed by atoms with van der Waals surface area (Å²) in [5.74, 6) is 0.876. The van der Waals surface area contributed by atoms with Gasteiger partial charge in [-0.1, -0.05) is 48.5 Å². The summed E-state index contributed by atoms with van der Waals surface area (Å²) in [6.45, 7) is 0. The average molecular weight is 314 g/mol. The average Bonchev–Trinajstić information content (AvgIpc) is 2.53. The minimum Gasteiger partial charge on any atom is -0.508 e. The highest BCUT2D eigenvalue weighted by atomic mass is 32.1. The maximum atomic E-state index is 8.84. The standard InChI is InChI=1S/C6H6OS.2C6H6O/c7-5-3-1-2-4-6(5)8;2*7-6-4-2-1-3-5-6/h1-4,7-8H;2*1-5,7H. The lowest BCUT2D eigenvalue weighted by molar-refractivity contribution is 0.462. The molecule has 0 spiro atoms. The smallest absolute Gasteiger partial charge is 0.128 e. The normalized spacial score (nSPS) is 8.77. The molecule has 0 fully saturated rings. The topological polar surface area (TPSA) is 60.7 Å². The predicted octanol–water partition coefficient (Wildman–Crippen LogP) is 4.47. The molecule has 0 aliphatic carbocycles. The van der Waals surface area contributed by atoms with Gasteiger partial charge in [-0.15, -0.1) is 12.6 Å². The Morgan fingerprint density at radius 2 is 0.864 bits per heavy atom. The van der Waals surface area contributed by atoms with Crippen molar-refractivity contribution in [2.24, 2.45) is 0 Å². The van der Waals surface area contributed by atoms with Crippen LogP contribution in [-0.4, -0.2) is 15.3 Å². The van der Waals surface area contributed by atoms with Crippen LogP contribution in [0.2, 0.25) is 0 Å². The van der Waals surface area contributed by atoms with E-state index in [1.54, 1.807) is 66.7 Å². The molecule has 22 heavy (non-hydrogen) atoms. The van der Waals surface area contributed by atoms with Crippen LogP contribution in [0.25, 0.3) is 0 Å². The van der Waals surface area contributed by atoms with Gasteiger partial charge in [0.25, 0.3) is 0 Å². The van der Waals surface area contributed by atoms with Gasteiger partial charge in [0.1, 0.15) is 17.2 Å². The molecule has 0 unspecified atom stereocenters. The molecule has 0 bridgehead atoms. The molecule has 0 saturated heterocycles. The van der Waals surface area contributed by atoms with Gasteiger partial charge in [-0.2, -0.15) is 0 Å². The summed E-state index contributed by atoms with van der Waals surface area (Å²) in [6.07, 6.45) is 0. The summed E-state index contributed by atoms with van der Waals surface area (Å²) in [5.41, 5.74) is 0. The second-order valence-corrected chi connectivity index (χ2v) is 4.64. The van der Waals surface area contributed by atoms with Crippen molar-refractivity contribution in [3.8, 4) is 17.2 Å². The van der Waals surface area contributed by atoms with Gasteiger partial charge in [0.15, 0.2) is 0 Å². The number of aromatic hydroxyl groups is 3. The Balaban J connectivity index is 0.000000166. The van der Waals surface area contributed by atoms with E-state index in [1.807, 2.05) is 18.2 Å². The van der Waals surface area contributed by atoms with E-state index in [2.05, 4.69) is 12.6 Å². The Morgan fingerprint density at radius 3 is 1.09 bits per heavy atom. The first-order valence-corrected chi connectivity index (χ1v) is 6.99. The van der Waals surface area contributed by atoms with Crippen LogP contribution in [-0.2, 0) is 0 Å². The van der Waals surface area contributed by atoms with Crippen LogP contribution in [0.3, 0.4) is 0 Å². The van der Waals surface area contributed by atoms with Crippen molar-refractivity contribution in [1.29, 1.82) is 0 Å². The summed E-state index contributed by atoms with van der Waals surface area (Å²) in [6, 6.07) is 24.3. The molecule has 3 aromatic rings. The summed E-state index contributed by atoms with van der Waals surface area (Å²) in [4.78, 5) is 0.618. The molecule has 0 aromatic heterocycles. The molecule has 0 aliphatic heterocycles. The number of rotatable bonds is 0. The van der Waals surface area contributed by atoms with Gasteiger partial charge in [-0.25, -0.2) is 0 Å². The third-order valence-electron chi connectivity index (χ3n) is 2.39. The fourth-order valence-electron chi connectivity index (χ4n) is 1.32. The van der Waals surface area contributed by atoms with Crippen molar-refractivity contribution in [1.82, 2.24) is 0 Å². The minimum atomic E-state index is 0.232. The van der Waals surface area contributed by atoms with Crippen LogP contribution in [0.1, 0.15) is 0 Å². The number of hydrogen-bond donors (Lipinski definition) is 4. The molecule has 0 aliphatic rings. The Labute approximate surface area is 135 Å². The molecule has 0 atom stereocenters. The van der Waals surface area contributed by atoms with Gasteiger partial charge in [0.2, 0.25) is 0 Å². The van der Waals surface area contributed by atoms with E-state index in [-0.39, 0.29) is 5.75 Å². The first-order chi connectivity index (χ1) is 10.6. The van der Waals surface area contributed by atoms with E-state index in [4.69, 9.17) is 15.3 Å². The Bertz CT molecular complexity index is 584. The minimum absolute atomic E-state index is 0.232. The van der Waals surface area contributed by atoms with Gasteiger partial charge in [-0.05, 0) is 36.4 Å². The lowest BCUT2D eigenvalue weighted by atomic mass is 10.3. The zero-order chi connectivity index (χ0) is 16.2. The summed E-state index contributed by atoms with van der Waals surface area (Å²) >= 11 is 3.95. The SMILES string of the molecule is Oc1ccccc1.Oc1ccccc1.Oc1ccccc1S. The zero-order valence-corrected chi connectivity index (χ0v) is 12.8. The first kappa shape index (κ1) is 17.5. The quantitative estimate of drug-likeness (QED) is 0.463. The van der Waals surface area contributed by atoms with E-state index in [9.17, 15) is 0 Å². The van der Waals surface area contributed by atoms with Gasteiger partial charge in [-0.3, -0.25) is 0 Å². The van der Waals surface area contributed by atoms with Crippen LogP contribution in [0.5, 0.6) is 17.2 Å². The van der Waals surface area contributed by atoms with Gasteiger partial charge in [0.05, 0.1) is 0 Å². The number of phenolic OH excluding ortho intramolecular Hbond substituents is 3. The fraction of sp³-hybridized carbons (Fsp3) is 0. The third-order valence-corrected chi connectivity index (χ3v) is 2.77. The molecule has 0 amide bonds. The summed E-state index contributed by atoms with van der Waals surface area (Å²) in [5, 5.41) is 26.1. The molecule has 4 heteroatoms. The maximum absolute atomic E-state index is 8.84. The molecule has 3 aromatic carbocycles. The van der Waals surface area contributed by atoms with Crippen LogP contribution in [0.4, 0.5) is 0 Å². The molecule has 3 nitrogen and oxygen atoms in total. The van der Waals surface area contributed by atoms with Crippen molar-refractivity contribution >= 4 is 12.6 Å². The summed E-state index contributed by atoms with van der Waals surface area (Å²) in [7, 11) is 0. The van der Waals surface area contributed by atoms with Crippen molar-refractivity contribution in [3.05, 3.63) is 84.9 Å². The summed E-state index contributed by atoms with van der Waals surface area (Å²) < 4.78 is 0. The molecule has 114 valence electrons. The van der Waals surface area contributed by atoms with E-state index in [0.29, 0.717) is 16.4 Å². The second kappa shape index (κ2) is 10.2. The molecular weight excluding hydrogens is 296 g/mol. The Morgan fingerprint density at radius 1 is 0.500 bits per heavy atom. The van der Waals surface area contributed by atoms with Crippen LogP contribution in [0, 0.1) is 0 Å². The van der Waals surface area contributed by atoms with Crippen molar-refractivity contribution < 1.29 is 15.3 Å². The lowest BCUT2D eigenvalue weighted by Crippen LogP contribution is -1.64. The number of benzene rings is 3. The highest BCUT2D eigenvalue weighted by molar-refractivity contribution is 7.80. The first-order valence-electron chi connectivity index (χ1n) is 6.54. The van der Waals surface area contributed by atoms with Gasteiger partial charge in [0, 0.05) is 4.90 Å². The van der Waals surface area contributed by atoms with E-state index in [1.165, 1.54) is 0 Å². The van der Waals surface area contributed by atoms with Gasteiger partial charge >= 0.3 is 0 Å². The monoisotopic (exact) mass is 314 g/mol. The predicted molar refractivity (Wildman–Crippen MR) is 91.6 cm³/mol. The van der Waals surface area contributed by atoms with Crippen molar-refractivity contribution in [2.75, 3.05) is 0 Å². The van der Waals surface area contributed by atoms with Crippen LogP contribution >= 0.6 is 12.6 Å². The number of para-hydroxylation sites is 3. The van der Waals surface area contributed by atoms with Crippen LogP contribution < -0.4 is 0 Å². The van der Waals surface area contributed by atoms with Crippen molar-refractivity contribution in [2.45, 2.75) is 4.90 Å². The number of thiol groups is 1. The Hall–Kier alpha value is -2.59. The fourth-order valence-corrected chi connectivity index (χ4v) is 1.48. The number of phenols is 3. The lowest BCUT2D eigenvalue weighted by Gasteiger charge is -1.91. The Kier molecular flexibility index (Phi) is 8.08. The van der Waals surface area contributed by atoms with E-state index < -0.39 is 0 Å². The molecule has 0 heterocycles. The molecule has 0 radical (unpaired) electrons. The molecule has 3 N–H and O–H groups in total. The highest BCUT2D eigenvalue weighted by Crippen LogP contribution is 2.18. The second-order valence-electron chi connectivity index (χ2n) is 4.16. The van der Waals surface area contributed by atoms with E-state index >= 15 is 0 Å². The van der Waals surface area contributed by atoms with E-state index in [0.717, 1.165) is 0 Å². The third kappa shape index (κ3) is 7.87. The van der Waals surface area contributed by atoms with Gasteiger partial charge < -0.3 is 15.3 Å². The highest BCUT2D eigenvalue weighted by Gasteiger charge is 1.88. The molecule has 3 rings (SSSR count). The number of hydrogen-bond acceptors (Lipinski definition) is 4. The van der Waals surface area contributed by atoms with Crippen LogP contribution in [0.15, 0.2) is 89.8 Å². The van der Waals surface area contributed by atoms with Crippen molar-refractivity contribution in [3.63, 3.8) is 0 Å².